The average Bonchev–Trinajstić information content (AvgIpc) is 3.43. The molecule has 0 spiro atoms. The Bertz CT molecular complexity index is 677. The predicted molar refractivity (Wildman–Crippen MR) is 89.0 cm³/mol. The maximum absolute atomic E-state index is 13.3. The zero-order valence-electron chi connectivity index (χ0n) is 14.3. The van der Waals surface area contributed by atoms with Gasteiger partial charge in [0, 0.05) is 32.0 Å². The highest BCUT2D eigenvalue weighted by Crippen LogP contribution is 2.28. The van der Waals surface area contributed by atoms with Crippen molar-refractivity contribution in [1.82, 2.24) is 10.2 Å². The summed E-state index contributed by atoms with van der Waals surface area (Å²) in [5.74, 6) is -3.24. The van der Waals surface area contributed by atoms with Crippen LogP contribution in [0.3, 0.4) is 0 Å². The first kappa shape index (κ1) is 19.8. The Morgan fingerprint density at radius 3 is 2.50 bits per heavy atom. The van der Waals surface area contributed by atoms with Gasteiger partial charge < -0.3 is 15.3 Å². The van der Waals surface area contributed by atoms with Crippen LogP contribution in [0.4, 0.5) is 8.78 Å². The summed E-state index contributed by atoms with van der Waals surface area (Å²) in [6, 6.07) is 3.32. The zero-order valence-corrected chi connectivity index (χ0v) is 14.3. The van der Waals surface area contributed by atoms with Gasteiger partial charge in [-0.3, -0.25) is 14.4 Å². The van der Waals surface area contributed by atoms with E-state index < -0.39 is 17.6 Å². The fraction of sp³-hybridized carbons (Fsp3) is 0.500. The standard InChI is InChI=1S/C18H22F2N2O4/c19-14-6-3-12(10-15(14)20)11-22(9-7-17(24)25)16(23)2-1-8-21-18(26)13-4-5-13/h3,6,10,13H,1-2,4-5,7-9,11H2,(H,21,26)(H,24,25). The lowest BCUT2D eigenvalue weighted by Gasteiger charge is -2.22. The van der Waals surface area contributed by atoms with E-state index in [1.807, 2.05) is 0 Å². The highest BCUT2D eigenvalue weighted by molar-refractivity contribution is 5.81. The Kier molecular flexibility index (Phi) is 7.06. The van der Waals surface area contributed by atoms with E-state index in [2.05, 4.69) is 5.32 Å². The SMILES string of the molecule is O=C(O)CCN(Cc1ccc(F)c(F)c1)C(=O)CCCNC(=O)C1CC1. The predicted octanol–water partition coefficient (Wildman–Crippen LogP) is 2.07. The fourth-order valence-electron chi connectivity index (χ4n) is 2.48. The second-order valence-electron chi connectivity index (χ2n) is 6.38. The van der Waals surface area contributed by atoms with Crippen molar-refractivity contribution < 1.29 is 28.3 Å². The average molecular weight is 368 g/mol. The lowest BCUT2D eigenvalue weighted by atomic mass is 10.1. The Balaban J connectivity index is 1.86. The van der Waals surface area contributed by atoms with Crippen molar-refractivity contribution >= 4 is 17.8 Å². The molecule has 0 unspecified atom stereocenters. The first-order chi connectivity index (χ1) is 12.4. The molecule has 1 aliphatic rings. The molecule has 26 heavy (non-hydrogen) atoms. The van der Waals surface area contributed by atoms with E-state index in [1.54, 1.807) is 0 Å². The maximum Gasteiger partial charge on any atom is 0.305 e. The van der Waals surface area contributed by atoms with Crippen LogP contribution in [0.5, 0.6) is 0 Å². The molecule has 2 rings (SSSR count). The van der Waals surface area contributed by atoms with Crippen molar-refractivity contribution in [3.8, 4) is 0 Å². The summed E-state index contributed by atoms with van der Waals surface area (Å²) in [5, 5.41) is 11.6. The molecule has 1 aromatic carbocycles. The number of carbonyl (C=O) groups excluding carboxylic acids is 2. The molecule has 8 heteroatoms. The van der Waals surface area contributed by atoms with Crippen molar-refractivity contribution in [2.45, 2.75) is 38.6 Å². The Labute approximate surface area is 150 Å². The van der Waals surface area contributed by atoms with Crippen LogP contribution in [0, 0.1) is 17.6 Å². The number of carboxylic acid groups (broad SMARTS) is 1. The highest BCUT2D eigenvalue weighted by Gasteiger charge is 2.29. The number of hydrogen-bond donors (Lipinski definition) is 2. The number of carboxylic acids is 1. The van der Waals surface area contributed by atoms with Crippen molar-refractivity contribution in [2.24, 2.45) is 5.92 Å². The maximum atomic E-state index is 13.3. The van der Waals surface area contributed by atoms with Crippen LogP contribution in [-0.2, 0) is 20.9 Å². The topological polar surface area (TPSA) is 86.7 Å². The Morgan fingerprint density at radius 2 is 1.88 bits per heavy atom. The monoisotopic (exact) mass is 368 g/mol. The molecule has 0 aliphatic heterocycles. The van der Waals surface area contributed by atoms with Gasteiger partial charge in [-0.25, -0.2) is 8.78 Å². The van der Waals surface area contributed by atoms with Crippen LogP contribution in [-0.4, -0.2) is 40.9 Å². The van der Waals surface area contributed by atoms with E-state index in [0.717, 1.165) is 25.0 Å². The first-order valence-corrected chi connectivity index (χ1v) is 8.58. The van der Waals surface area contributed by atoms with E-state index in [1.165, 1.54) is 11.0 Å². The van der Waals surface area contributed by atoms with Gasteiger partial charge >= 0.3 is 5.97 Å². The van der Waals surface area contributed by atoms with Gasteiger partial charge in [0.05, 0.1) is 6.42 Å². The lowest BCUT2D eigenvalue weighted by Crippen LogP contribution is -2.33. The van der Waals surface area contributed by atoms with Gasteiger partial charge in [-0.2, -0.15) is 0 Å². The first-order valence-electron chi connectivity index (χ1n) is 8.58. The summed E-state index contributed by atoms with van der Waals surface area (Å²) >= 11 is 0. The number of hydrogen-bond acceptors (Lipinski definition) is 3. The molecule has 2 amide bonds. The van der Waals surface area contributed by atoms with Crippen LogP contribution >= 0.6 is 0 Å². The van der Waals surface area contributed by atoms with E-state index in [4.69, 9.17) is 5.11 Å². The third-order valence-electron chi connectivity index (χ3n) is 4.12. The third kappa shape index (κ3) is 6.42. The van der Waals surface area contributed by atoms with Gasteiger partial charge in [-0.05, 0) is 37.0 Å². The molecule has 0 aromatic heterocycles. The van der Waals surface area contributed by atoms with Crippen LogP contribution in [0.2, 0.25) is 0 Å². The molecule has 2 N–H and O–H groups in total. The van der Waals surface area contributed by atoms with Crippen LogP contribution < -0.4 is 5.32 Å². The van der Waals surface area contributed by atoms with Crippen LogP contribution in [0.1, 0.15) is 37.7 Å². The second kappa shape index (κ2) is 9.26. The number of nitrogens with one attached hydrogen (secondary N) is 1. The zero-order chi connectivity index (χ0) is 19.1. The number of aliphatic carboxylic acids is 1. The summed E-state index contributed by atoms with van der Waals surface area (Å²) < 4.78 is 26.3. The normalized spacial score (nSPS) is 13.3. The summed E-state index contributed by atoms with van der Waals surface area (Å²) in [6.07, 6.45) is 2.13. The van der Waals surface area contributed by atoms with Gasteiger partial charge in [0.2, 0.25) is 11.8 Å². The molecule has 0 bridgehead atoms. The molecule has 0 atom stereocenters. The largest absolute Gasteiger partial charge is 0.481 e. The number of rotatable bonds is 10. The van der Waals surface area contributed by atoms with E-state index in [9.17, 15) is 23.2 Å². The van der Waals surface area contributed by atoms with Gasteiger partial charge in [0.25, 0.3) is 0 Å². The Morgan fingerprint density at radius 1 is 1.15 bits per heavy atom. The number of benzene rings is 1. The molecule has 0 radical (unpaired) electrons. The van der Waals surface area contributed by atoms with Gasteiger partial charge in [0.15, 0.2) is 11.6 Å². The van der Waals surface area contributed by atoms with Crippen molar-refractivity contribution in [3.63, 3.8) is 0 Å². The molecule has 1 fully saturated rings. The molecular weight excluding hydrogens is 346 g/mol. The molecule has 0 saturated heterocycles. The van der Waals surface area contributed by atoms with Crippen LogP contribution in [0.25, 0.3) is 0 Å². The molecule has 0 heterocycles. The highest BCUT2D eigenvalue weighted by atomic mass is 19.2. The van der Waals surface area contributed by atoms with Gasteiger partial charge in [-0.1, -0.05) is 6.07 Å². The summed E-state index contributed by atoms with van der Waals surface area (Å²) in [4.78, 5) is 36.0. The van der Waals surface area contributed by atoms with Crippen molar-refractivity contribution in [2.75, 3.05) is 13.1 Å². The fourth-order valence-corrected chi connectivity index (χ4v) is 2.48. The van der Waals surface area contributed by atoms with Gasteiger partial charge in [-0.15, -0.1) is 0 Å². The molecule has 1 aromatic rings. The van der Waals surface area contributed by atoms with E-state index >= 15 is 0 Å². The number of carbonyl (C=O) groups is 3. The van der Waals surface area contributed by atoms with Gasteiger partial charge in [0.1, 0.15) is 0 Å². The number of amides is 2. The molecular formula is C18H22F2N2O4. The summed E-state index contributed by atoms with van der Waals surface area (Å²) in [5.41, 5.74) is 0.379. The summed E-state index contributed by atoms with van der Waals surface area (Å²) in [6.45, 7) is 0.346. The van der Waals surface area contributed by atoms with Crippen LogP contribution in [0.15, 0.2) is 18.2 Å². The third-order valence-corrected chi connectivity index (χ3v) is 4.12. The molecule has 1 saturated carbocycles. The van der Waals surface area contributed by atoms with Crippen molar-refractivity contribution in [3.05, 3.63) is 35.4 Å². The molecule has 1 aliphatic carbocycles. The minimum Gasteiger partial charge on any atom is -0.481 e. The minimum atomic E-state index is -1.05. The van der Waals surface area contributed by atoms with E-state index in [-0.39, 0.29) is 43.7 Å². The smallest absolute Gasteiger partial charge is 0.305 e. The summed E-state index contributed by atoms with van der Waals surface area (Å²) in [7, 11) is 0. The Hall–Kier alpha value is -2.51. The van der Waals surface area contributed by atoms with Crippen molar-refractivity contribution in [1.29, 1.82) is 0 Å². The lowest BCUT2D eigenvalue weighted by molar-refractivity contribution is -0.139. The minimum absolute atomic E-state index is 0.00182. The molecule has 6 nitrogen and oxygen atoms in total. The molecule has 142 valence electrons. The quantitative estimate of drug-likeness (QED) is 0.619. The van der Waals surface area contributed by atoms with E-state index in [0.29, 0.717) is 18.5 Å². The number of halogens is 2. The second-order valence-corrected chi connectivity index (χ2v) is 6.38. The number of nitrogens with zero attached hydrogens (tertiary/aromatic N) is 1.